The van der Waals surface area contributed by atoms with Crippen LogP contribution in [0.3, 0.4) is 0 Å². The fourth-order valence-electron chi connectivity index (χ4n) is 2.02. The van der Waals surface area contributed by atoms with E-state index in [0.29, 0.717) is 10.7 Å². The van der Waals surface area contributed by atoms with E-state index < -0.39 is 0 Å². The van der Waals surface area contributed by atoms with Crippen molar-refractivity contribution < 1.29 is 0 Å². The van der Waals surface area contributed by atoms with Crippen LogP contribution in [0.2, 0.25) is 5.02 Å². The molecule has 0 atom stereocenters. The molecule has 0 unspecified atom stereocenters. The Kier molecular flexibility index (Phi) is 3.31. The number of nitrogens with two attached hydrogens (primary N) is 1. The van der Waals surface area contributed by atoms with E-state index in [9.17, 15) is 0 Å². The zero-order valence-electron chi connectivity index (χ0n) is 10.6. The third kappa shape index (κ3) is 2.60. The molecule has 0 aliphatic rings. The molecule has 0 aliphatic heterocycles. The van der Waals surface area contributed by atoms with Crippen LogP contribution in [0, 0.1) is 0 Å². The third-order valence-corrected chi connectivity index (χ3v) is 3.15. The van der Waals surface area contributed by atoms with Crippen molar-refractivity contribution in [3.63, 3.8) is 0 Å². The number of halogens is 1. The molecule has 0 radical (unpaired) electrons. The monoisotopic (exact) mass is 284 g/mol. The summed E-state index contributed by atoms with van der Waals surface area (Å²) in [4.78, 5) is 0. The molecule has 1 heterocycles. The van der Waals surface area contributed by atoms with Gasteiger partial charge in [-0.15, -0.1) is 0 Å². The number of benzene rings is 2. The van der Waals surface area contributed by atoms with Crippen LogP contribution in [0.5, 0.6) is 0 Å². The van der Waals surface area contributed by atoms with Gasteiger partial charge in [-0.1, -0.05) is 29.8 Å². The smallest absolute Gasteiger partial charge is 0.0886 e. The Labute approximate surface area is 121 Å². The average molecular weight is 285 g/mol. The van der Waals surface area contributed by atoms with Crippen LogP contribution in [0.15, 0.2) is 54.7 Å². The quantitative estimate of drug-likeness (QED) is 0.636. The molecule has 1 aromatic heterocycles. The standard InChI is InChI=1S/C15H13ClN4/c16-11-4-2-6-13(8-11)19-14-9-18-20-15(14)10-3-1-5-12(17)7-10/h1-9,19H,17H2,(H,18,20). The maximum Gasteiger partial charge on any atom is 0.0886 e. The molecule has 0 spiro atoms. The molecule has 5 heteroatoms. The Hall–Kier alpha value is -2.46. The first-order chi connectivity index (χ1) is 9.72. The third-order valence-electron chi connectivity index (χ3n) is 2.92. The number of hydrogen-bond donors (Lipinski definition) is 3. The number of aromatic nitrogens is 2. The summed E-state index contributed by atoms with van der Waals surface area (Å²) in [5, 5.41) is 11.0. The highest BCUT2D eigenvalue weighted by Crippen LogP contribution is 2.29. The minimum Gasteiger partial charge on any atom is -0.399 e. The first-order valence-electron chi connectivity index (χ1n) is 6.14. The number of hydrogen-bond acceptors (Lipinski definition) is 3. The molecular weight excluding hydrogens is 272 g/mol. The number of nitrogens with zero attached hydrogens (tertiary/aromatic N) is 1. The maximum absolute atomic E-state index is 5.98. The molecule has 2 aromatic carbocycles. The zero-order valence-corrected chi connectivity index (χ0v) is 11.4. The van der Waals surface area contributed by atoms with Crippen molar-refractivity contribution in [2.24, 2.45) is 0 Å². The molecule has 0 bridgehead atoms. The maximum atomic E-state index is 5.98. The largest absolute Gasteiger partial charge is 0.399 e. The van der Waals surface area contributed by atoms with Crippen LogP contribution in [-0.2, 0) is 0 Å². The van der Waals surface area contributed by atoms with Gasteiger partial charge in [-0.05, 0) is 30.3 Å². The Morgan fingerprint density at radius 3 is 2.75 bits per heavy atom. The number of H-pyrrole nitrogens is 1. The summed E-state index contributed by atoms with van der Waals surface area (Å²) in [5.41, 5.74) is 10.2. The summed E-state index contributed by atoms with van der Waals surface area (Å²) < 4.78 is 0. The first-order valence-corrected chi connectivity index (χ1v) is 6.52. The molecule has 20 heavy (non-hydrogen) atoms. The second-order valence-corrected chi connectivity index (χ2v) is 4.86. The van der Waals surface area contributed by atoms with Crippen LogP contribution >= 0.6 is 11.6 Å². The van der Waals surface area contributed by atoms with Crippen molar-refractivity contribution >= 4 is 28.7 Å². The van der Waals surface area contributed by atoms with Gasteiger partial charge in [0.1, 0.15) is 0 Å². The van der Waals surface area contributed by atoms with E-state index in [4.69, 9.17) is 17.3 Å². The van der Waals surface area contributed by atoms with Crippen molar-refractivity contribution in [1.82, 2.24) is 10.2 Å². The summed E-state index contributed by atoms with van der Waals surface area (Å²) in [6.45, 7) is 0. The second kappa shape index (κ2) is 5.27. The van der Waals surface area contributed by atoms with Crippen LogP contribution in [0.1, 0.15) is 0 Å². The number of rotatable bonds is 3. The molecule has 0 aliphatic carbocycles. The fraction of sp³-hybridized carbons (Fsp3) is 0. The summed E-state index contributed by atoms with van der Waals surface area (Å²) in [7, 11) is 0. The van der Waals surface area contributed by atoms with Gasteiger partial charge in [-0.25, -0.2) is 0 Å². The van der Waals surface area contributed by atoms with Crippen LogP contribution in [0.25, 0.3) is 11.3 Å². The molecule has 100 valence electrons. The van der Waals surface area contributed by atoms with Gasteiger partial charge in [-0.3, -0.25) is 5.10 Å². The molecular formula is C15H13ClN4. The summed E-state index contributed by atoms with van der Waals surface area (Å²) >= 11 is 5.98. The lowest BCUT2D eigenvalue weighted by molar-refractivity contribution is 1.10. The SMILES string of the molecule is Nc1cccc(-c2[nH]ncc2Nc2cccc(Cl)c2)c1. The highest BCUT2D eigenvalue weighted by molar-refractivity contribution is 6.30. The summed E-state index contributed by atoms with van der Waals surface area (Å²) in [6, 6.07) is 15.2. The van der Waals surface area contributed by atoms with Crippen molar-refractivity contribution in [2.45, 2.75) is 0 Å². The normalized spacial score (nSPS) is 10.4. The lowest BCUT2D eigenvalue weighted by Crippen LogP contribution is -1.92. The van der Waals surface area contributed by atoms with Crippen molar-refractivity contribution in [1.29, 1.82) is 0 Å². The van der Waals surface area contributed by atoms with Crippen LogP contribution < -0.4 is 11.1 Å². The first kappa shape index (κ1) is 12.6. The molecule has 0 saturated carbocycles. The minimum absolute atomic E-state index is 0.684. The van der Waals surface area contributed by atoms with Gasteiger partial charge in [0.25, 0.3) is 0 Å². The lowest BCUT2D eigenvalue weighted by atomic mass is 10.1. The van der Waals surface area contributed by atoms with Crippen molar-refractivity contribution in [3.05, 3.63) is 59.8 Å². The van der Waals surface area contributed by atoms with Gasteiger partial charge >= 0.3 is 0 Å². The zero-order chi connectivity index (χ0) is 13.9. The molecule has 3 aromatic rings. The molecule has 0 fully saturated rings. The number of nitrogens with one attached hydrogen (secondary N) is 2. The average Bonchev–Trinajstić information content (AvgIpc) is 2.87. The number of aromatic amines is 1. The minimum atomic E-state index is 0.684. The highest BCUT2D eigenvalue weighted by Gasteiger charge is 2.08. The second-order valence-electron chi connectivity index (χ2n) is 4.42. The van der Waals surface area contributed by atoms with E-state index >= 15 is 0 Å². The van der Waals surface area contributed by atoms with Gasteiger partial charge in [0, 0.05) is 22.0 Å². The number of anilines is 3. The molecule has 0 saturated heterocycles. The highest BCUT2D eigenvalue weighted by atomic mass is 35.5. The topological polar surface area (TPSA) is 66.7 Å². The van der Waals surface area contributed by atoms with E-state index in [-0.39, 0.29) is 0 Å². The predicted molar refractivity (Wildman–Crippen MR) is 83.2 cm³/mol. The Bertz CT molecular complexity index is 736. The van der Waals surface area contributed by atoms with Gasteiger partial charge in [0.2, 0.25) is 0 Å². The van der Waals surface area contributed by atoms with E-state index in [2.05, 4.69) is 15.5 Å². The van der Waals surface area contributed by atoms with Crippen LogP contribution in [0.4, 0.5) is 17.1 Å². The van der Waals surface area contributed by atoms with Gasteiger partial charge in [0.15, 0.2) is 0 Å². The molecule has 4 N–H and O–H groups in total. The van der Waals surface area contributed by atoms with E-state index in [1.807, 2.05) is 48.5 Å². The number of nitrogen functional groups attached to an aromatic ring is 1. The Balaban J connectivity index is 1.94. The summed E-state index contributed by atoms with van der Waals surface area (Å²) in [6.07, 6.45) is 1.74. The van der Waals surface area contributed by atoms with Gasteiger partial charge in [-0.2, -0.15) is 5.10 Å². The molecule has 4 nitrogen and oxygen atoms in total. The van der Waals surface area contributed by atoms with Crippen molar-refractivity contribution in [3.8, 4) is 11.3 Å². The fourth-order valence-corrected chi connectivity index (χ4v) is 2.21. The Morgan fingerprint density at radius 1 is 1.10 bits per heavy atom. The van der Waals surface area contributed by atoms with Crippen molar-refractivity contribution in [2.75, 3.05) is 11.1 Å². The van der Waals surface area contributed by atoms with Gasteiger partial charge in [0.05, 0.1) is 17.6 Å². The van der Waals surface area contributed by atoms with Crippen LogP contribution in [-0.4, -0.2) is 10.2 Å². The Morgan fingerprint density at radius 2 is 1.95 bits per heavy atom. The van der Waals surface area contributed by atoms with E-state index in [0.717, 1.165) is 22.6 Å². The molecule has 0 amide bonds. The van der Waals surface area contributed by atoms with Gasteiger partial charge < -0.3 is 11.1 Å². The predicted octanol–water partition coefficient (Wildman–Crippen LogP) is 4.06. The van der Waals surface area contributed by atoms with E-state index in [1.54, 1.807) is 6.20 Å². The molecule has 3 rings (SSSR count). The lowest BCUT2D eigenvalue weighted by Gasteiger charge is -2.07. The summed E-state index contributed by atoms with van der Waals surface area (Å²) in [5.74, 6) is 0. The van der Waals surface area contributed by atoms with E-state index in [1.165, 1.54) is 0 Å².